The van der Waals surface area contributed by atoms with Crippen LogP contribution in [0.15, 0.2) is 66.7 Å². The van der Waals surface area contributed by atoms with E-state index >= 15 is 0 Å². The SMILES string of the molecule is COc1ccc(C(=O)Nc2ccccc2C2=Cc3ccccc3C2)cc1OC. The van der Waals surface area contributed by atoms with Crippen molar-refractivity contribution in [3.05, 3.63) is 89.0 Å². The molecular formula is C24H21NO3. The van der Waals surface area contributed by atoms with Gasteiger partial charge in [-0.25, -0.2) is 0 Å². The first-order chi connectivity index (χ1) is 13.7. The van der Waals surface area contributed by atoms with E-state index in [0.29, 0.717) is 17.1 Å². The lowest BCUT2D eigenvalue weighted by Crippen LogP contribution is -2.13. The van der Waals surface area contributed by atoms with Crippen molar-refractivity contribution in [3.8, 4) is 11.5 Å². The molecule has 0 aliphatic heterocycles. The maximum Gasteiger partial charge on any atom is 0.255 e. The zero-order chi connectivity index (χ0) is 19.5. The molecule has 3 aromatic rings. The molecule has 3 aromatic carbocycles. The van der Waals surface area contributed by atoms with Gasteiger partial charge in [0, 0.05) is 16.8 Å². The molecule has 1 aliphatic carbocycles. The van der Waals surface area contributed by atoms with E-state index in [4.69, 9.17) is 9.47 Å². The Morgan fingerprint density at radius 3 is 2.43 bits per heavy atom. The molecule has 140 valence electrons. The highest BCUT2D eigenvalue weighted by Gasteiger charge is 2.18. The molecule has 0 aromatic heterocycles. The predicted molar refractivity (Wildman–Crippen MR) is 112 cm³/mol. The number of rotatable bonds is 5. The molecule has 4 heteroatoms. The van der Waals surface area contributed by atoms with Crippen molar-refractivity contribution in [1.82, 2.24) is 0 Å². The van der Waals surface area contributed by atoms with E-state index in [9.17, 15) is 4.79 Å². The smallest absolute Gasteiger partial charge is 0.255 e. The van der Waals surface area contributed by atoms with Crippen molar-refractivity contribution < 1.29 is 14.3 Å². The lowest BCUT2D eigenvalue weighted by atomic mass is 10.0. The van der Waals surface area contributed by atoms with Crippen LogP contribution >= 0.6 is 0 Å². The highest BCUT2D eigenvalue weighted by atomic mass is 16.5. The Hall–Kier alpha value is -3.53. The van der Waals surface area contributed by atoms with Crippen LogP contribution < -0.4 is 14.8 Å². The fourth-order valence-corrected chi connectivity index (χ4v) is 3.50. The van der Waals surface area contributed by atoms with Crippen LogP contribution in [0, 0.1) is 0 Å². The summed E-state index contributed by atoms with van der Waals surface area (Å²) in [5.74, 6) is 0.926. The second-order valence-corrected chi connectivity index (χ2v) is 6.61. The number of nitrogens with one attached hydrogen (secondary N) is 1. The molecule has 1 amide bonds. The second kappa shape index (κ2) is 7.61. The number of carbonyl (C=O) groups excluding carboxylic acids is 1. The van der Waals surface area contributed by atoms with Crippen LogP contribution in [0.4, 0.5) is 5.69 Å². The highest BCUT2D eigenvalue weighted by molar-refractivity contribution is 6.07. The number of allylic oxidation sites excluding steroid dienone is 1. The third-order valence-corrected chi connectivity index (χ3v) is 4.93. The Morgan fingerprint density at radius 2 is 1.64 bits per heavy atom. The van der Waals surface area contributed by atoms with E-state index in [1.165, 1.54) is 16.7 Å². The van der Waals surface area contributed by atoms with Crippen molar-refractivity contribution in [2.24, 2.45) is 0 Å². The summed E-state index contributed by atoms with van der Waals surface area (Å²) in [6, 6.07) is 21.4. The van der Waals surface area contributed by atoms with Crippen LogP contribution in [-0.4, -0.2) is 20.1 Å². The number of fused-ring (bicyclic) bond motifs is 1. The monoisotopic (exact) mass is 371 g/mol. The molecular weight excluding hydrogens is 350 g/mol. The number of hydrogen-bond acceptors (Lipinski definition) is 3. The molecule has 0 spiro atoms. The van der Waals surface area contributed by atoms with Gasteiger partial charge in [0.05, 0.1) is 14.2 Å². The summed E-state index contributed by atoms with van der Waals surface area (Å²) in [6.07, 6.45) is 3.05. The molecule has 1 N–H and O–H groups in total. The first kappa shape index (κ1) is 17.9. The topological polar surface area (TPSA) is 47.6 Å². The Kier molecular flexibility index (Phi) is 4.85. The summed E-state index contributed by atoms with van der Waals surface area (Å²) in [6.45, 7) is 0. The summed E-state index contributed by atoms with van der Waals surface area (Å²) in [5, 5.41) is 3.04. The second-order valence-electron chi connectivity index (χ2n) is 6.61. The van der Waals surface area contributed by atoms with Crippen LogP contribution in [0.3, 0.4) is 0 Å². The maximum absolute atomic E-state index is 12.8. The Labute approximate surface area is 164 Å². The molecule has 4 rings (SSSR count). The van der Waals surface area contributed by atoms with Gasteiger partial charge in [-0.3, -0.25) is 4.79 Å². The van der Waals surface area contributed by atoms with E-state index in [0.717, 1.165) is 17.7 Å². The van der Waals surface area contributed by atoms with Crippen molar-refractivity contribution >= 4 is 23.2 Å². The van der Waals surface area contributed by atoms with Crippen LogP contribution in [-0.2, 0) is 6.42 Å². The van der Waals surface area contributed by atoms with Crippen LogP contribution in [0.25, 0.3) is 11.6 Å². The average molecular weight is 371 g/mol. The van der Waals surface area contributed by atoms with Crippen LogP contribution in [0.5, 0.6) is 11.5 Å². The van der Waals surface area contributed by atoms with Gasteiger partial charge in [0.1, 0.15) is 0 Å². The maximum atomic E-state index is 12.8. The summed E-state index contributed by atoms with van der Waals surface area (Å²) in [4.78, 5) is 12.8. The number of ether oxygens (including phenoxy) is 2. The fraction of sp³-hybridized carbons (Fsp3) is 0.125. The van der Waals surface area contributed by atoms with Gasteiger partial charge in [0.15, 0.2) is 11.5 Å². The summed E-state index contributed by atoms with van der Waals surface area (Å²) in [5.41, 5.74) is 6.08. The first-order valence-electron chi connectivity index (χ1n) is 9.11. The molecule has 0 atom stereocenters. The summed E-state index contributed by atoms with van der Waals surface area (Å²) < 4.78 is 10.5. The Morgan fingerprint density at radius 1 is 0.893 bits per heavy atom. The van der Waals surface area contributed by atoms with Gasteiger partial charge < -0.3 is 14.8 Å². The molecule has 0 unspecified atom stereocenters. The minimum Gasteiger partial charge on any atom is -0.493 e. The molecule has 0 bridgehead atoms. The van der Waals surface area contributed by atoms with Crippen molar-refractivity contribution in [1.29, 1.82) is 0 Å². The molecule has 1 aliphatic rings. The zero-order valence-electron chi connectivity index (χ0n) is 15.9. The molecule has 0 saturated heterocycles. The van der Waals surface area contributed by atoms with Gasteiger partial charge in [-0.2, -0.15) is 0 Å². The van der Waals surface area contributed by atoms with Gasteiger partial charge in [-0.1, -0.05) is 48.5 Å². The fourth-order valence-electron chi connectivity index (χ4n) is 3.50. The van der Waals surface area contributed by atoms with E-state index in [1.54, 1.807) is 32.4 Å². The summed E-state index contributed by atoms with van der Waals surface area (Å²) >= 11 is 0. The highest BCUT2D eigenvalue weighted by Crippen LogP contribution is 2.35. The van der Waals surface area contributed by atoms with E-state index in [-0.39, 0.29) is 5.91 Å². The lowest BCUT2D eigenvalue weighted by molar-refractivity contribution is 0.102. The van der Waals surface area contributed by atoms with Gasteiger partial charge in [0.2, 0.25) is 0 Å². The minimum absolute atomic E-state index is 0.190. The molecule has 0 saturated carbocycles. The molecule has 0 radical (unpaired) electrons. The number of carbonyl (C=O) groups is 1. The van der Waals surface area contributed by atoms with Gasteiger partial charge in [0.25, 0.3) is 5.91 Å². The van der Waals surface area contributed by atoms with Crippen molar-refractivity contribution in [3.63, 3.8) is 0 Å². The average Bonchev–Trinajstić information content (AvgIpc) is 3.17. The standard InChI is InChI=1S/C24H21NO3/c1-27-22-12-11-18(15-23(22)28-2)24(26)25-21-10-6-5-9-20(21)19-13-16-7-3-4-8-17(16)14-19/h3-13,15H,14H2,1-2H3,(H,25,26). The van der Waals surface area contributed by atoms with Crippen molar-refractivity contribution in [2.75, 3.05) is 19.5 Å². The van der Waals surface area contributed by atoms with Gasteiger partial charge >= 0.3 is 0 Å². The third-order valence-electron chi connectivity index (χ3n) is 4.93. The number of anilines is 1. The van der Waals surface area contributed by atoms with Gasteiger partial charge in [-0.15, -0.1) is 0 Å². The van der Waals surface area contributed by atoms with Gasteiger partial charge in [-0.05, 0) is 47.4 Å². The molecule has 28 heavy (non-hydrogen) atoms. The van der Waals surface area contributed by atoms with E-state index in [1.807, 2.05) is 30.3 Å². The lowest BCUT2D eigenvalue weighted by Gasteiger charge is -2.13. The van der Waals surface area contributed by atoms with E-state index < -0.39 is 0 Å². The van der Waals surface area contributed by atoms with E-state index in [2.05, 4.69) is 29.6 Å². The number of benzene rings is 3. The van der Waals surface area contributed by atoms with Crippen LogP contribution in [0.1, 0.15) is 27.0 Å². The Bertz CT molecular complexity index is 1070. The third kappa shape index (κ3) is 3.37. The minimum atomic E-state index is -0.190. The number of amides is 1. The quantitative estimate of drug-likeness (QED) is 0.682. The normalized spacial score (nSPS) is 12.1. The summed E-state index contributed by atoms with van der Waals surface area (Å²) in [7, 11) is 3.13. The number of methoxy groups -OCH3 is 2. The molecule has 0 fully saturated rings. The zero-order valence-corrected chi connectivity index (χ0v) is 15.9. The molecule has 0 heterocycles. The largest absolute Gasteiger partial charge is 0.493 e. The van der Waals surface area contributed by atoms with Crippen molar-refractivity contribution in [2.45, 2.75) is 6.42 Å². The predicted octanol–water partition coefficient (Wildman–Crippen LogP) is 5.05. The van der Waals surface area contributed by atoms with Crippen LogP contribution in [0.2, 0.25) is 0 Å². The first-order valence-corrected chi connectivity index (χ1v) is 9.11. The Balaban J connectivity index is 1.61. The number of hydrogen-bond donors (Lipinski definition) is 1. The number of para-hydroxylation sites is 1. The molecule has 4 nitrogen and oxygen atoms in total.